The molecule has 1 N–H and O–H groups in total. The van der Waals surface area contributed by atoms with Gasteiger partial charge < -0.3 is 19.7 Å². The van der Waals surface area contributed by atoms with Crippen LogP contribution in [-0.4, -0.2) is 45.2 Å². The van der Waals surface area contributed by atoms with Crippen LogP contribution in [0.15, 0.2) is 23.2 Å². The van der Waals surface area contributed by atoms with Gasteiger partial charge in [0.2, 0.25) is 0 Å². The van der Waals surface area contributed by atoms with Crippen LogP contribution < -0.4 is 14.8 Å². The van der Waals surface area contributed by atoms with Crippen LogP contribution in [0.25, 0.3) is 0 Å². The molecule has 1 spiro atoms. The van der Waals surface area contributed by atoms with Crippen molar-refractivity contribution in [3.63, 3.8) is 0 Å². The fourth-order valence-electron chi connectivity index (χ4n) is 3.80. The standard InChI is InChI=1S/C18H27N3O2.HI/c1-19-17(21-11-10-18(13-21)8-5-9-18)20-12-14-6-4-7-15(22-2)16(14)23-3;/h4,6-7H,5,8-13H2,1-3H3,(H,19,20);1H. The van der Waals surface area contributed by atoms with E-state index in [4.69, 9.17) is 9.47 Å². The minimum atomic E-state index is 0. The second-order valence-corrected chi connectivity index (χ2v) is 6.58. The van der Waals surface area contributed by atoms with Gasteiger partial charge in [-0.25, -0.2) is 0 Å². The maximum atomic E-state index is 5.50. The van der Waals surface area contributed by atoms with Crippen molar-refractivity contribution in [1.82, 2.24) is 10.2 Å². The van der Waals surface area contributed by atoms with Gasteiger partial charge in [-0.2, -0.15) is 0 Å². The van der Waals surface area contributed by atoms with E-state index in [2.05, 4.69) is 21.3 Å². The first-order valence-electron chi connectivity index (χ1n) is 8.37. The van der Waals surface area contributed by atoms with Crippen molar-refractivity contribution in [2.24, 2.45) is 10.4 Å². The number of ether oxygens (including phenoxy) is 2. The lowest BCUT2D eigenvalue weighted by Gasteiger charge is -2.38. The van der Waals surface area contributed by atoms with Crippen LogP contribution in [0.4, 0.5) is 0 Å². The van der Waals surface area contributed by atoms with Crippen molar-refractivity contribution in [3.8, 4) is 11.5 Å². The summed E-state index contributed by atoms with van der Waals surface area (Å²) >= 11 is 0. The molecular formula is C18H28IN3O2. The van der Waals surface area contributed by atoms with Gasteiger partial charge in [0.25, 0.3) is 0 Å². The number of hydrogen-bond acceptors (Lipinski definition) is 3. The molecule has 0 aromatic heterocycles. The van der Waals surface area contributed by atoms with E-state index >= 15 is 0 Å². The molecule has 1 saturated carbocycles. The molecular weight excluding hydrogens is 417 g/mol. The SMILES string of the molecule is CN=C(NCc1cccc(OC)c1OC)N1CCC2(CCC2)C1.I. The van der Waals surface area contributed by atoms with Gasteiger partial charge in [-0.05, 0) is 30.7 Å². The van der Waals surface area contributed by atoms with Gasteiger partial charge in [0, 0.05) is 32.2 Å². The normalized spacial score (nSPS) is 18.8. The predicted molar refractivity (Wildman–Crippen MR) is 108 cm³/mol. The number of rotatable bonds is 4. The molecule has 1 aromatic rings. The molecule has 0 bridgehead atoms. The third-order valence-corrected chi connectivity index (χ3v) is 5.29. The molecule has 24 heavy (non-hydrogen) atoms. The van der Waals surface area contributed by atoms with E-state index in [9.17, 15) is 0 Å². The molecule has 134 valence electrons. The zero-order chi connectivity index (χ0) is 16.3. The van der Waals surface area contributed by atoms with Crippen molar-refractivity contribution in [2.45, 2.75) is 32.2 Å². The Bertz CT molecular complexity index is 588. The lowest BCUT2D eigenvalue weighted by Crippen LogP contribution is -2.42. The molecule has 6 heteroatoms. The Labute approximate surface area is 161 Å². The largest absolute Gasteiger partial charge is 0.493 e. The van der Waals surface area contributed by atoms with Gasteiger partial charge in [-0.1, -0.05) is 18.6 Å². The van der Waals surface area contributed by atoms with Crippen molar-refractivity contribution in [1.29, 1.82) is 0 Å². The molecule has 1 aliphatic heterocycles. The lowest BCUT2D eigenvalue weighted by molar-refractivity contribution is 0.151. The number of benzene rings is 1. The van der Waals surface area contributed by atoms with Gasteiger partial charge >= 0.3 is 0 Å². The van der Waals surface area contributed by atoms with E-state index in [0.717, 1.165) is 36.1 Å². The molecule has 3 rings (SSSR count). The molecule has 1 saturated heterocycles. The van der Waals surface area contributed by atoms with E-state index in [1.165, 1.54) is 25.7 Å². The average molecular weight is 445 g/mol. The van der Waals surface area contributed by atoms with Gasteiger partial charge in [-0.3, -0.25) is 4.99 Å². The van der Waals surface area contributed by atoms with Gasteiger partial charge in [0.1, 0.15) is 0 Å². The third kappa shape index (κ3) is 3.73. The number of guanidine groups is 1. The Kier molecular flexibility index (Phi) is 6.60. The van der Waals surface area contributed by atoms with Crippen molar-refractivity contribution in [2.75, 3.05) is 34.4 Å². The fourth-order valence-corrected chi connectivity index (χ4v) is 3.80. The number of methoxy groups -OCH3 is 2. The van der Waals surface area contributed by atoms with Crippen LogP contribution in [0.3, 0.4) is 0 Å². The molecule has 0 unspecified atom stereocenters. The summed E-state index contributed by atoms with van der Waals surface area (Å²) in [5, 5.41) is 3.48. The Hall–Kier alpha value is -1.18. The highest BCUT2D eigenvalue weighted by Gasteiger charge is 2.43. The first-order valence-corrected chi connectivity index (χ1v) is 8.37. The Morgan fingerprint density at radius 2 is 2.04 bits per heavy atom. The van der Waals surface area contributed by atoms with Crippen LogP contribution in [0, 0.1) is 5.41 Å². The molecule has 2 aliphatic rings. The number of nitrogens with zero attached hydrogens (tertiary/aromatic N) is 2. The Balaban J connectivity index is 0.00000208. The summed E-state index contributed by atoms with van der Waals surface area (Å²) in [5.74, 6) is 2.53. The lowest BCUT2D eigenvalue weighted by atomic mass is 9.68. The smallest absolute Gasteiger partial charge is 0.193 e. The summed E-state index contributed by atoms with van der Waals surface area (Å²) in [6.45, 7) is 2.92. The number of nitrogens with one attached hydrogen (secondary N) is 1. The Morgan fingerprint density at radius 1 is 1.25 bits per heavy atom. The summed E-state index contributed by atoms with van der Waals surface area (Å²) < 4.78 is 10.9. The molecule has 1 heterocycles. The van der Waals surface area contributed by atoms with Crippen molar-refractivity contribution in [3.05, 3.63) is 23.8 Å². The van der Waals surface area contributed by atoms with E-state index in [-0.39, 0.29) is 24.0 Å². The van der Waals surface area contributed by atoms with E-state index in [0.29, 0.717) is 12.0 Å². The number of hydrogen-bond donors (Lipinski definition) is 1. The zero-order valence-electron chi connectivity index (χ0n) is 14.8. The number of likely N-dealkylation sites (tertiary alicyclic amines) is 1. The third-order valence-electron chi connectivity index (χ3n) is 5.29. The van der Waals surface area contributed by atoms with Gasteiger partial charge in [0.05, 0.1) is 14.2 Å². The summed E-state index contributed by atoms with van der Waals surface area (Å²) in [6.07, 6.45) is 5.45. The number of para-hydroxylation sites is 1. The summed E-state index contributed by atoms with van der Waals surface area (Å²) in [7, 11) is 5.20. The van der Waals surface area contributed by atoms with Crippen LogP contribution >= 0.6 is 24.0 Å². The van der Waals surface area contributed by atoms with Crippen LogP contribution in [0.2, 0.25) is 0 Å². The van der Waals surface area contributed by atoms with Crippen molar-refractivity contribution >= 4 is 29.9 Å². The highest BCUT2D eigenvalue weighted by atomic mass is 127. The summed E-state index contributed by atoms with van der Waals surface area (Å²) in [4.78, 5) is 6.86. The topological polar surface area (TPSA) is 46.1 Å². The monoisotopic (exact) mass is 445 g/mol. The molecule has 2 fully saturated rings. The first-order chi connectivity index (χ1) is 11.2. The minimum absolute atomic E-state index is 0. The molecule has 0 atom stereocenters. The zero-order valence-corrected chi connectivity index (χ0v) is 17.1. The molecule has 1 aromatic carbocycles. The van der Waals surface area contributed by atoms with E-state index in [1.807, 2.05) is 19.2 Å². The minimum Gasteiger partial charge on any atom is -0.493 e. The molecule has 0 radical (unpaired) electrons. The predicted octanol–water partition coefficient (Wildman–Crippen LogP) is 3.27. The van der Waals surface area contributed by atoms with Gasteiger partial charge in [0.15, 0.2) is 17.5 Å². The molecule has 0 amide bonds. The van der Waals surface area contributed by atoms with Gasteiger partial charge in [-0.15, -0.1) is 24.0 Å². The van der Waals surface area contributed by atoms with Crippen LogP contribution in [-0.2, 0) is 6.54 Å². The molecule has 1 aliphatic carbocycles. The summed E-state index contributed by atoms with van der Waals surface area (Å²) in [6, 6.07) is 5.96. The van der Waals surface area contributed by atoms with Crippen molar-refractivity contribution < 1.29 is 9.47 Å². The van der Waals surface area contributed by atoms with E-state index < -0.39 is 0 Å². The maximum Gasteiger partial charge on any atom is 0.193 e. The highest BCUT2D eigenvalue weighted by Crippen LogP contribution is 2.47. The highest BCUT2D eigenvalue weighted by molar-refractivity contribution is 14.0. The maximum absolute atomic E-state index is 5.50. The van der Waals surface area contributed by atoms with E-state index in [1.54, 1.807) is 14.2 Å². The summed E-state index contributed by atoms with van der Waals surface area (Å²) in [5.41, 5.74) is 1.65. The Morgan fingerprint density at radius 3 is 2.58 bits per heavy atom. The second-order valence-electron chi connectivity index (χ2n) is 6.58. The number of aliphatic imine (C=N–C) groups is 1. The van der Waals surface area contributed by atoms with Crippen LogP contribution in [0.1, 0.15) is 31.2 Å². The quantitative estimate of drug-likeness (QED) is 0.439. The van der Waals surface area contributed by atoms with Crippen LogP contribution in [0.5, 0.6) is 11.5 Å². The first kappa shape index (κ1) is 19.1. The second kappa shape index (κ2) is 8.27. The molecule has 5 nitrogen and oxygen atoms in total. The average Bonchev–Trinajstić information content (AvgIpc) is 3.01. The fraction of sp³-hybridized carbons (Fsp3) is 0.611. The number of halogens is 1.